The molecule has 1 aliphatic heterocycles. The Morgan fingerprint density at radius 1 is 1.13 bits per heavy atom. The van der Waals surface area contributed by atoms with Crippen LogP contribution in [0, 0.1) is 10.1 Å². The molecule has 0 unspecified atom stereocenters. The van der Waals surface area contributed by atoms with Gasteiger partial charge >= 0.3 is 12.0 Å². The van der Waals surface area contributed by atoms with E-state index in [1.165, 1.54) is 44.6 Å². The Hall–Kier alpha value is -4.17. The van der Waals surface area contributed by atoms with Gasteiger partial charge in [0.15, 0.2) is 11.5 Å². The van der Waals surface area contributed by atoms with Gasteiger partial charge in [-0.3, -0.25) is 19.8 Å². The number of nitro benzene ring substituents is 1. The summed E-state index contributed by atoms with van der Waals surface area (Å²) >= 11 is 6.96. The summed E-state index contributed by atoms with van der Waals surface area (Å²) in [5.41, 5.74) is 1.18. The molecule has 2 heterocycles. The molecule has 1 saturated heterocycles. The number of hydrogen-bond acceptors (Lipinski definition) is 9. The standard InChI is InChI=1S/C25H19Br2N3O9/c1-36-19-10-14(20(26)21(27)22(19)38-12-13-3-5-15(6-4-13)30(34)35)9-17-23(31)29(25(33)28-17)11-16-7-8-18(39-16)24(32)37-2/h3-10H,11-12H2,1-2H3,(H,28,33)/b17-9-. The highest BCUT2D eigenvalue weighted by atomic mass is 79.9. The van der Waals surface area contributed by atoms with Crippen molar-refractivity contribution in [1.29, 1.82) is 0 Å². The van der Waals surface area contributed by atoms with Crippen LogP contribution in [0.2, 0.25) is 0 Å². The fourth-order valence-electron chi connectivity index (χ4n) is 3.56. The molecule has 14 heteroatoms. The average molecular weight is 665 g/mol. The molecule has 0 spiro atoms. The van der Waals surface area contributed by atoms with Crippen LogP contribution in [0.3, 0.4) is 0 Å². The first-order valence-corrected chi connectivity index (χ1v) is 12.6. The van der Waals surface area contributed by atoms with E-state index in [1.54, 1.807) is 18.2 Å². The molecule has 1 fully saturated rings. The summed E-state index contributed by atoms with van der Waals surface area (Å²) in [4.78, 5) is 48.4. The Morgan fingerprint density at radius 3 is 2.49 bits per heavy atom. The van der Waals surface area contributed by atoms with Gasteiger partial charge in [0, 0.05) is 16.6 Å². The van der Waals surface area contributed by atoms with E-state index in [9.17, 15) is 24.5 Å². The minimum atomic E-state index is -0.677. The third-order valence-electron chi connectivity index (χ3n) is 5.53. The Balaban J connectivity index is 1.53. The maximum Gasteiger partial charge on any atom is 0.373 e. The summed E-state index contributed by atoms with van der Waals surface area (Å²) in [5, 5.41) is 13.4. The van der Waals surface area contributed by atoms with Gasteiger partial charge in [-0.2, -0.15) is 0 Å². The van der Waals surface area contributed by atoms with E-state index in [2.05, 4.69) is 41.9 Å². The Morgan fingerprint density at radius 2 is 1.85 bits per heavy atom. The first kappa shape index (κ1) is 27.9. The Labute approximate surface area is 237 Å². The normalized spacial score (nSPS) is 13.9. The number of rotatable bonds is 9. The molecule has 39 heavy (non-hydrogen) atoms. The van der Waals surface area contributed by atoms with Crippen molar-refractivity contribution in [3.8, 4) is 11.5 Å². The quantitative estimate of drug-likeness (QED) is 0.107. The molecule has 4 rings (SSSR count). The summed E-state index contributed by atoms with van der Waals surface area (Å²) < 4.78 is 22.3. The maximum absolute atomic E-state index is 13.0. The number of ether oxygens (including phenoxy) is 3. The smallest absolute Gasteiger partial charge is 0.373 e. The molecule has 12 nitrogen and oxygen atoms in total. The molecule has 3 amide bonds. The second-order valence-corrected chi connectivity index (χ2v) is 9.56. The number of carbonyl (C=O) groups excluding carboxylic acids is 3. The molecule has 3 aromatic rings. The van der Waals surface area contributed by atoms with Crippen LogP contribution in [0.1, 0.15) is 27.4 Å². The predicted octanol–water partition coefficient (Wildman–Crippen LogP) is 5.18. The van der Waals surface area contributed by atoms with Crippen LogP contribution in [0.5, 0.6) is 11.5 Å². The highest BCUT2D eigenvalue weighted by molar-refractivity contribution is 9.13. The molecule has 2 aromatic carbocycles. The molecule has 0 atom stereocenters. The second-order valence-electron chi connectivity index (χ2n) is 7.97. The number of hydrogen-bond donors (Lipinski definition) is 1. The van der Waals surface area contributed by atoms with E-state index in [0.29, 0.717) is 31.6 Å². The lowest BCUT2D eigenvalue weighted by molar-refractivity contribution is -0.384. The lowest BCUT2D eigenvalue weighted by Gasteiger charge is -2.16. The number of imide groups is 1. The summed E-state index contributed by atoms with van der Waals surface area (Å²) in [7, 11) is 2.66. The van der Waals surface area contributed by atoms with Crippen molar-refractivity contribution < 1.29 is 37.9 Å². The first-order valence-electron chi connectivity index (χ1n) is 11.1. The molecular formula is C25H19Br2N3O9. The van der Waals surface area contributed by atoms with Crippen molar-refractivity contribution in [3.63, 3.8) is 0 Å². The van der Waals surface area contributed by atoms with E-state index in [0.717, 1.165) is 4.90 Å². The number of benzene rings is 2. The van der Waals surface area contributed by atoms with Crippen molar-refractivity contribution >= 4 is 61.5 Å². The summed E-state index contributed by atoms with van der Waals surface area (Å²) in [6.45, 7) is -0.0869. The largest absolute Gasteiger partial charge is 0.493 e. The van der Waals surface area contributed by atoms with Gasteiger partial charge in [0.25, 0.3) is 11.6 Å². The minimum Gasteiger partial charge on any atom is -0.493 e. The second kappa shape index (κ2) is 11.7. The van der Waals surface area contributed by atoms with Crippen LogP contribution in [-0.2, 0) is 22.7 Å². The molecule has 0 bridgehead atoms. The number of nitrogens with one attached hydrogen (secondary N) is 1. The number of methoxy groups -OCH3 is 2. The number of carbonyl (C=O) groups is 3. The van der Waals surface area contributed by atoms with Gasteiger partial charge < -0.3 is 23.9 Å². The Kier molecular flexibility index (Phi) is 8.35. The number of nitro groups is 1. The van der Waals surface area contributed by atoms with Crippen LogP contribution < -0.4 is 14.8 Å². The highest BCUT2D eigenvalue weighted by Gasteiger charge is 2.35. The minimum absolute atomic E-state index is 0.00829. The van der Waals surface area contributed by atoms with Crippen LogP contribution in [0.25, 0.3) is 6.08 Å². The van der Waals surface area contributed by atoms with Crippen molar-refractivity contribution in [2.45, 2.75) is 13.2 Å². The molecule has 1 aliphatic rings. The topological polar surface area (TPSA) is 150 Å². The maximum atomic E-state index is 13.0. The average Bonchev–Trinajstić information content (AvgIpc) is 3.50. The number of halogens is 2. The van der Waals surface area contributed by atoms with E-state index in [-0.39, 0.29) is 36.1 Å². The number of amides is 3. The van der Waals surface area contributed by atoms with Crippen LogP contribution in [0.4, 0.5) is 10.5 Å². The monoisotopic (exact) mass is 663 g/mol. The molecule has 0 aliphatic carbocycles. The molecule has 1 N–H and O–H groups in total. The summed E-state index contributed by atoms with van der Waals surface area (Å²) in [5.74, 6) is -0.418. The van der Waals surface area contributed by atoms with Gasteiger partial charge in [-0.15, -0.1) is 0 Å². The van der Waals surface area contributed by atoms with E-state index in [1.807, 2.05) is 0 Å². The summed E-state index contributed by atoms with van der Waals surface area (Å²) in [6.07, 6.45) is 1.47. The van der Waals surface area contributed by atoms with Crippen molar-refractivity contribution in [1.82, 2.24) is 10.2 Å². The van der Waals surface area contributed by atoms with Crippen molar-refractivity contribution in [2.75, 3.05) is 14.2 Å². The molecular weight excluding hydrogens is 646 g/mol. The van der Waals surface area contributed by atoms with Gasteiger partial charge in [-0.25, -0.2) is 9.59 Å². The first-order chi connectivity index (χ1) is 18.6. The fourth-order valence-corrected chi connectivity index (χ4v) is 4.51. The number of non-ortho nitro benzene ring substituents is 1. The van der Waals surface area contributed by atoms with E-state index < -0.39 is 22.8 Å². The highest BCUT2D eigenvalue weighted by Crippen LogP contribution is 2.44. The van der Waals surface area contributed by atoms with Crippen molar-refractivity contribution in [3.05, 3.63) is 89.9 Å². The van der Waals surface area contributed by atoms with Gasteiger partial charge in [0.05, 0.1) is 30.2 Å². The predicted molar refractivity (Wildman–Crippen MR) is 143 cm³/mol. The third kappa shape index (κ3) is 5.96. The van der Waals surface area contributed by atoms with E-state index >= 15 is 0 Å². The summed E-state index contributed by atoms with van der Waals surface area (Å²) in [6, 6.07) is 9.77. The number of esters is 1. The zero-order valence-electron chi connectivity index (χ0n) is 20.4. The molecule has 1 aromatic heterocycles. The lowest BCUT2D eigenvalue weighted by Crippen LogP contribution is -2.30. The fraction of sp³-hybridized carbons (Fsp3) is 0.160. The molecule has 202 valence electrons. The third-order valence-corrected chi connectivity index (χ3v) is 7.67. The van der Waals surface area contributed by atoms with Gasteiger partial charge in [0.1, 0.15) is 18.1 Å². The van der Waals surface area contributed by atoms with Crippen LogP contribution in [0.15, 0.2) is 61.5 Å². The van der Waals surface area contributed by atoms with Gasteiger partial charge in [-0.05, 0) is 79.4 Å². The Bertz CT molecular complexity index is 1500. The molecule has 0 radical (unpaired) electrons. The number of urea groups is 1. The van der Waals surface area contributed by atoms with E-state index in [4.69, 9.17) is 13.9 Å². The van der Waals surface area contributed by atoms with Crippen LogP contribution in [-0.4, -0.2) is 42.0 Å². The zero-order valence-corrected chi connectivity index (χ0v) is 23.5. The zero-order chi connectivity index (χ0) is 28.3. The molecule has 0 saturated carbocycles. The van der Waals surface area contributed by atoms with Gasteiger partial charge in [0.2, 0.25) is 5.76 Å². The van der Waals surface area contributed by atoms with Gasteiger partial charge in [-0.1, -0.05) is 0 Å². The SMILES string of the molecule is COC(=O)c1ccc(CN2C(=O)N/C(=C\c3cc(OC)c(OCc4ccc([N+](=O)[O-])cc4)c(Br)c3Br)C2=O)o1. The van der Waals surface area contributed by atoms with Crippen LogP contribution >= 0.6 is 31.9 Å². The lowest BCUT2D eigenvalue weighted by atomic mass is 10.1. The number of nitrogens with zero attached hydrogens (tertiary/aromatic N) is 2. The number of furan rings is 1. The van der Waals surface area contributed by atoms with Crippen molar-refractivity contribution in [2.24, 2.45) is 0 Å².